The van der Waals surface area contributed by atoms with Gasteiger partial charge in [-0.15, -0.1) is 0 Å². The van der Waals surface area contributed by atoms with Crippen LogP contribution in [-0.2, 0) is 14.8 Å². The summed E-state index contributed by atoms with van der Waals surface area (Å²) in [5.41, 5.74) is 7.05. The molecule has 1 aromatic rings. The number of anilines is 1. The zero-order chi connectivity index (χ0) is 16.2. The summed E-state index contributed by atoms with van der Waals surface area (Å²) in [6, 6.07) is 2.89. The fraction of sp³-hybridized carbons (Fsp3) is 0.571. The molecule has 0 unspecified atom stereocenters. The molecule has 0 heterocycles. The molecule has 0 aromatic heterocycles. The van der Waals surface area contributed by atoms with Gasteiger partial charge in [-0.25, -0.2) is 8.42 Å². The van der Waals surface area contributed by atoms with Crippen molar-refractivity contribution in [1.29, 1.82) is 0 Å². The Hall–Kier alpha value is -1.31. The molecule has 0 saturated carbocycles. The van der Waals surface area contributed by atoms with Crippen molar-refractivity contribution in [2.24, 2.45) is 0 Å². The maximum atomic E-state index is 12.9. The summed E-state index contributed by atoms with van der Waals surface area (Å²) in [7, 11) is -0.726. The van der Waals surface area contributed by atoms with Crippen LogP contribution in [0.25, 0.3) is 0 Å². The molecule has 21 heavy (non-hydrogen) atoms. The van der Waals surface area contributed by atoms with Gasteiger partial charge in [0.25, 0.3) is 0 Å². The highest BCUT2D eigenvalue weighted by atomic mass is 32.2. The average Bonchev–Trinajstić information content (AvgIpc) is 2.41. The number of hydrogen-bond acceptors (Lipinski definition) is 5. The fourth-order valence-corrected chi connectivity index (χ4v) is 3.80. The van der Waals surface area contributed by atoms with Crippen LogP contribution < -0.4 is 10.5 Å². The van der Waals surface area contributed by atoms with Crippen molar-refractivity contribution in [1.82, 2.24) is 4.31 Å². The molecule has 6 nitrogen and oxygen atoms in total. The lowest BCUT2D eigenvalue weighted by Gasteiger charge is -2.26. The number of hydrogen-bond donors (Lipinski definition) is 1. The topological polar surface area (TPSA) is 81.9 Å². The van der Waals surface area contributed by atoms with Crippen molar-refractivity contribution in [3.63, 3.8) is 0 Å². The van der Waals surface area contributed by atoms with Gasteiger partial charge in [-0.05, 0) is 38.5 Å². The molecule has 0 saturated heterocycles. The first-order chi connectivity index (χ1) is 9.75. The third-order valence-corrected chi connectivity index (χ3v) is 5.33. The number of methoxy groups -OCH3 is 2. The van der Waals surface area contributed by atoms with Crippen LogP contribution in [0, 0.1) is 6.92 Å². The van der Waals surface area contributed by atoms with E-state index >= 15 is 0 Å². The largest absolute Gasteiger partial charge is 0.495 e. The van der Waals surface area contributed by atoms with E-state index in [1.807, 2.05) is 13.8 Å². The summed E-state index contributed by atoms with van der Waals surface area (Å²) in [5.74, 6) is 0.296. The lowest BCUT2D eigenvalue weighted by molar-refractivity contribution is 0.170. The van der Waals surface area contributed by atoms with Crippen molar-refractivity contribution in [2.45, 2.75) is 31.7 Å². The van der Waals surface area contributed by atoms with Crippen LogP contribution in [0.1, 0.15) is 19.4 Å². The van der Waals surface area contributed by atoms with Crippen LogP contribution in [0.4, 0.5) is 5.69 Å². The Morgan fingerprint density at radius 1 is 1.29 bits per heavy atom. The highest BCUT2D eigenvalue weighted by Crippen LogP contribution is 2.31. The van der Waals surface area contributed by atoms with Crippen LogP contribution >= 0.6 is 0 Å². The van der Waals surface area contributed by atoms with Crippen LogP contribution in [0.2, 0.25) is 0 Å². The Kier molecular flexibility index (Phi) is 6.00. The summed E-state index contributed by atoms with van der Waals surface area (Å²) in [6.07, 6.45) is 0. The highest BCUT2D eigenvalue weighted by Gasteiger charge is 2.30. The predicted molar refractivity (Wildman–Crippen MR) is 83.0 cm³/mol. The van der Waals surface area contributed by atoms with Crippen molar-refractivity contribution in [3.8, 4) is 5.75 Å². The Morgan fingerprint density at radius 3 is 2.38 bits per heavy atom. The van der Waals surface area contributed by atoms with E-state index in [1.165, 1.54) is 24.6 Å². The van der Waals surface area contributed by atoms with Crippen molar-refractivity contribution in [3.05, 3.63) is 17.7 Å². The lowest BCUT2D eigenvalue weighted by Crippen LogP contribution is -2.39. The zero-order valence-corrected chi connectivity index (χ0v) is 14.0. The molecule has 0 aliphatic heterocycles. The molecule has 7 heteroatoms. The first kappa shape index (κ1) is 17.7. The summed E-state index contributed by atoms with van der Waals surface area (Å²) in [6.45, 7) is 6.03. The van der Waals surface area contributed by atoms with Crippen LogP contribution in [0.15, 0.2) is 17.0 Å². The van der Waals surface area contributed by atoms with Crippen molar-refractivity contribution >= 4 is 15.7 Å². The van der Waals surface area contributed by atoms with Gasteiger partial charge in [0.1, 0.15) is 10.6 Å². The molecule has 1 rings (SSSR count). The Balaban J connectivity index is 3.37. The summed E-state index contributed by atoms with van der Waals surface area (Å²) >= 11 is 0. The molecule has 0 bridgehead atoms. The van der Waals surface area contributed by atoms with E-state index in [0.717, 1.165) is 5.56 Å². The zero-order valence-electron chi connectivity index (χ0n) is 13.2. The molecular weight excluding hydrogens is 292 g/mol. The molecule has 0 amide bonds. The van der Waals surface area contributed by atoms with Gasteiger partial charge in [0.2, 0.25) is 10.0 Å². The molecule has 0 radical (unpaired) electrons. The van der Waals surface area contributed by atoms with Gasteiger partial charge in [-0.1, -0.05) is 0 Å². The monoisotopic (exact) mass is 316 g/mol. The number of rotatable bonds is 7. The van der Waals surface area contributed by atoms with Crippen LogP contribution in [0.5, 0.6) is 5.75 Å². The smallest absolute Gasteiger partial charge is 0.247 e. The second-order valence-electron chi connectivity index (χ2n) is 5.06. The number of nitrogen functional groups attached to an aromatic ring is 1. The lowest BCUT2D eigenvalue weighted by atomic mass is 10.2. The van der Waals surface area contributed by atoms with Crippen LogP contribution in [0.3, 0.4) is 0 Å². The Morgan fingerprint density at radius 2 is 1.90 bits per heavy atom. The van der Waals surface area contributed by atoms with E-state index in [9.17, 15) is 8.42 Å². The summed E-state index contributed by atoms with van der Waals surface area (Å²) in [5, 5.41) is 0. The Bertz CT molecular complexity index is 585. The standard InChI is InChI=1S/C14H24N2O4S/c1-10(2)16(6-7-19-4)21(17,18)14-9-12(15)11(3)8-13(14)20-5/h8-10H,6-7,15H2,1-5H3. The summed E-state index contributed by atoms with van der Waals surface area (Å²) in [4.78, 5) is 0.0814. The molecule has 1 aromatic carbocycles. The predicted octanol–water partition coefficient (Wildman–Crippen LogP) is 1.63. The van der Waals surface area contributed by atoms with Gasteiger partial charge < -0.3 is 15.2 Å². The van der Waals surface area contributed by atoms with E-state index in [2.05, 4.69) is 0 Å². The molecular formula is C14H24N2O4S. The number of nitrogens with two attached hydrogens (primary N) is 1. The van der Waals surface area contributed by atoms with Gasteiger partial charge in [0.15, 0.2) is 0 Å². The summed E-state index contributed by atoms with van der Waals surface area (Å²) < 4.78 is 37.3. The van der Waals surface area contributed by atoms with Gasteiger partial charge in [0.05, 0.1) is 13.7 Å². The molecule has 120 valence electrons. The van der Waals surface area contributed by atoms with Crippen molar-refractivity contribution < 1.29 is 17.9 Å². The average molecular weight is 316 g/mol. The minimum Gasteiger partial charge on any atom is -0.495 e. The van der Waals surface area contributed by atoms with Gasteiger partial charge in [0, 0.05) is 25.4 Å². The first-order valence-electron chi connectivity index (χ1n) is 6.70. The number of ether oxygens (including phenoxy) is 2. The third kappa shape index (κ3) is 3.87. The fourth-order valence-electron chi connectivity index (χ4n) is 2.00. The highest BCUT2D eigenvalue weighted by molar-refractivity contribution is 7.89. The normalized spacial score (nSPS) is 12.1. The number of nitrogens with zero attached hydrogens (tertiary/aromatic N) is 1. The number of aryl methyl sites for hydroxylation is 1. The molecule has 0 spiro atoms. The minimum absolute atomic E-state index is 0.0814. The maximum Gasteiger partial charge on any atom is 0.247 e. The molecule has 0 aliphatic rings. The van der Waals surface area contributed by atoms with E-state index in [-0.39, 0.29) is 17.5 Å². The maximum absolute atomic E-state index is 12.9. The quantitative estimate of drug-likeness (QED) is 0.773. The minimum atomic E-state index is -3.71. The second kappa shape index (κ2) is 7.11. The van der Waals surface area contributed by atoms with E-state index < -0.39 is 10.0 Å². The molecule has 2 N–H and O–H groups in total. The van der Waals surface area contributed by atoms with E-state index in [0.29, 0.717) is 18.0 Å². The molecule has 0 aliphatic carbocycles. The van der Waals surface area contributed by atoms with Crippen LogP contribution in [-0.4, -0.2) is 46.1 Å². The van der Waals surface area contributed by atoms with E-state index in [1.54, 1.807) is 13.0 Å². The second-order valence-corrected chi connectivity index (χ2v) is 6.92. The number of benzene rings is 1. The van der Waals surface area contributed by atoms with Gasteiger partial charge in [-0.3, -0.25) is 0 Å². The SMILES string of the molecule is COCCN(C(C)C)S(=O)(=O)c1cc(N)c(C)cc1OC. The molecule has 0 atom stereocenters. The van der Waals surface area contributed by atoms with Crippen molar-refractivity contribution in [2.75, 3.05) is 33.1 Å². The first-order valence-corrected chi connectivity index (χ1v) is 8.14. The van der Waals surface area contributed by atoms with Gasteiger partial charge in [-0.2, -0.15) is 4.31 Å². The Labute approximate surface area is 126 Å². The van der Waals surface area contributed by atoms with E-state index in [4.69, 9.17) is 15.2 Å². The number of sulfonamides is 1. The molecule has 0 fully saturated rings. The van der Waals surface area contributed by atoms with Gasteiger partial charge >= 0.3 is 0 Å². The third-order valence-electron chi connectivity index (χ3n) is 3.23.